The molecule has 1 aromatic carbocycles. The highest BCUT2D eigenvalue weighted by molar-refractivity contribution is 7.89. The van der Waals surface area contributed by atoms with E-state index in [0.29, 0.717) is 17.7 Å². The van der Waals surface area contributed by atoms with Crippen LogP contribution >= 0.6 is 0 Å². The Hall–Kier alpha value is -2.78. The zero-order valence-corrected chi connectivity index (χ0v) is 17.0. The molecule has 8 nitrogen and oxygen atoms in total. The van der Waals surface area contributed by atoms with Crippen molar-refractivity contribution in [3.8, 4) is 0 Å². The van der Waals surface area contributed by atoms with Gasteiger partial charge in [0.1, 0.15) is 0 Å². The molecule has 148 valence electrons. The van der Waals surface area contributed by atoms with Crippen LogP contribution in [0.25, 0.3) is 11.0 Å². The molecule has 3 aromatic rings. The van der Waals surface area contributed by atoms with Crippen LogP contribution in [-0.2, 0) is 17.1 Å². The number of aryl methyl sites for hydroxylation is 2. The minimum absolute atomic E-state index is 0.124. The van der Waals surface area contributed by atoms with Gasteiger partial charge in [-0.3, -0.25) is 9.48 Å². The van der Waals surface area contributed by atoms with Gasteiger partial charge in [0.05, 0.1) is 22.5 Å². The fourth-order valence-corrected chi connectivity index (χ4v) is 4.11. The van der Waals surface area contributed by atoms with Crippen molar-refractivity contribution in [3.63, 3.8) is 0 Å². The summed E-state index contributed by atoms with van der Waals surface area (Å²) in [4.78, 5) is 17.0. The van der Waals surface area contributed by atoms with E-state index in [4.69, 9.17) is 0 Å². The molecule has 0 saturated carbocycles. The highest BCUT2D eigenvalue weighted by Crippen LogP contribution is 2.20. The van der Waals surface area contributed by atoms with Crippen LogP contribution in [0, 0.1) is 6.92 Å². The number of carbonyl (C=O) groups is 1. The Morgan fingerprint density at radius 2 is 1.93 bits per heavy atom. The number of benzene rings is 1. The molecule has 0 radical (unpaired) electrons. The lowest BCUT2D eigenvalue weighted by atomic mass is 10.2. The monoisotopic (exact) mass is 401 g/mol. The summed E-state index contributed by atoms with van der Waals surface area (Å²) in [5.74, 6) is -0.346. The molecule has 2 aromatic heterocycles. The molecule has 0 spiro atoms. The van der Waals surface area contributed by atoms with E-state index in [1.54, 1.807) is 17.8 Å². The SMILES string of the molecule is CCC(C)NS(=O)(=O)c1ccc(C(=O)Nc2cnc3c(c2)c(C)nn3C)cc1. The van der Waals surface area contributed by atoms with Gasteiger partial charge in [-0.05, 0) is 50.6 Å². The van der Waals surface area contributed by atoms with E-state index in [0.717, 1.165) is 16.7 Å². The number of nitrogens with one attached hydrogen (secondary N) is 2. The molecule has 0 aliphatic heterocycles. The zero-order chi connectivity index (χ0) is 20.5. The van der Waals surface area contributed by atoms with Crippen molar-refractivity contribution in [2.24, 2.45) is 7.05 Å². The second-order valence-corrected chi connectivity index (χ2v) is 8.43. The first-order chi connectivity index (χ1) is 13.2. The van der Waals surface area contributed by atoms with Crippen LogP contribution in [-0.4, -0.2) is 35.1 Å². The summed E-state index contributed by atoms with van der Waals surface area (Å²) >= 11 is 0. The maximum Gasteiger partial charge on any atom is 0.255 e. The van der Waals surface area contributed by atoms with Crippen molar-refractivity contribution in [2.45, 2.75) is 38.1 Å². The third-order valence-corrected chi connectivity index (χ3v) is 6.12. The number of pyridine rings is 1. The standard InChI is InChI=1S/C19H23N5O3S/c1-5-12(2)23-28(26,27)16-8-6-14(7-9-16)19(25)21-15-10-17-13(3)22-24(4)18(17)20-11-15/h6-12,23H,5H2,1-4H3,(H,21,25). The topological polar surface area (TPSA) is 106 Å². The molecule has 2 N–H and O–H groups in total. The van der Waals surface area contributed by atoms with Gasteiger partial charge in [0.15, 0.2) is 5.65 Å². The van der Waals surface area contributed by atoms with Crippen LogP contribution in [0.4, 0.5) is 5.69 Å². The summed E-state index contributed by atoms with van der Waals surface area (Å²) < 4.78 is 28.9. The lowest BCUT2D eigenvalue weighted by Crippen LogP contribution is -2.32. The molecule has 3 rings (SSSR count). The number of nitrogens with zero attached hydrogens (tertiary/aromatic N) is 3. The Bertz CT molecular complexity index is 1120. The van der Waals surface area contributed by atoms with Crippen molar-refractivity contribution in [2.75, 3.05) is 5.32 Å². The summed E-state index contributed by atoms with van der Waals surface area (Å²) in [6.45, 7) is 5.58. The third kappa shape index (κ3) is 4.05. The number of anilines is 1. The minimum atomic E-state index is -3.60. The summed E-state index contributed by atoms with van der Waals surface area (Å²) in [6, 6.07) is 7.48. The first-order valence-electron chi connectivity index (χ1n) is 8.94. The number of fused-ring (bicyclic) bond motifs is 1. The van der Waals surface area contributed by atoms with E-state index in [1.807, 2.05) is 27.0 Å². The highest BCUT2D eigenvalue weighted by Gasteiger charge is 2.17. The van der Waals surface area contributed by atoms with Crippen molar-refractivity contribution in [3.05, 3.63) is 47.8 Å². The molecule has 0 bridgehead atoms. The fourth-order valence-electron chi connectivity index (χ4n) is 2.78. The van der Waals surface area contributed by atoms with E-state index in [1.165, 1.54) is 24.3 Å². The molecule has 28 heavy (non-hydrogen) atoms. The van der Waals surface area contributed by atoms with Gasteiger partial charge in [0, 0.05) is 24.0 Å². The second-order valence-electron chi connectivity index (χ2n) is 6.71. The lowest BCUT2D eigenvalue weighted by Gasteiger charge is -2.12. The molecule has 1 amide bonds. The molecule has 1 unspecified atom stereocenters. The number of carbonyl (C=O) groups excluding carboxylic acids is 1. The van der Waals surface area contributed by atoms with E-state index >= 15 is 0 Å². The summed E-state index contributed by atoms with van der Waals surface area (Å²) in [7, 11) is -1.79. The Kier molecular flexibility index (Phi) is 5.48. The van der Waals surface area contributed by atoms with Crippen LogP contribution in [0.5, 0.6) is 0 Å². The molecule has 0 fully saturated rings. The van der Waals surface area contributed by atoms with Crippen molar-refractivity contribution in [1.82, 2.24) is 19.5 Å². The van der Waals surface area contributed by atoms with Gasteiger partial charge in [0.2, 0.25) is 10.0 Å². The smallest absolute Gasteiger partial charge is 0.255 e. The zero-order valence-electron chi connectivity index (χ0n) is 16.2. The summed E-state index contributed by atoms with van der Waals surface area (Å²) in [5, 5.41) is 7.95. The highest BCUT2D eigenvalue weighted by atomic mass is 32.2. The number of amides is 1. The minimum Gasteiger partial charge on any atom is -0.321 e. The molecule has 9 heteroatoms. The molecule has 1 atom stereocenters. The molecular weight excluding hydrogens is 378 g/mol. The van der Waals surface area contributed by atoms with Gasteiger partial charge in [-0.2, -0.15) is 5.10 Å². The van der Waals surface area contributed by atoms with Gasteiger partial charge in [-0.15, -0.1) is 0 Å². The van der Waals surface area contributed by atoms with E-state index < -0.39 is 10.0 Å². The predicted molar refractivity (Wildman–Crippen MR) is 108 cm³/mol. The molecule has 2 heterocycles. The van der Waals surface area contributed by atoms with Crippen LogP contribution in [0.1, 0.15) is 36.3 Å². The number of hydrogen-bond acceptors (Lipinski definition) is 5. The van der Waals surface area contributed by atoms with E-state index in [9.17, 15) is 13.2 Å². The predicted octanol–water partition coefficient (Wildman–Crippen LogP) is 2.61. The molecule has 0 aliphatic carbocycles. The van der Waals surface area contributed by atoms with Crippen molar-refractivity contribution >= 4 is 32.7 Å². The van der Waals surface area contributed by atoms with E-state index in [2.05, 4.69) is 20.1 Å². The maximum absolute atomic E-state index is 12.5. The second kappa shape index (κ2) is 7.69. The maximum atomic E-state index is 12.5. The van der Waals surface area contributed by atoms with Crippen LogP contribution in [0.2, 0.25) is 0 Å². The number of hydrogen-bond donors (Lipinski definition) is 2. The summed E-state index contributed by atoms with van der Waals surface area (Å²) in [5.41, 5.74) is 2.46. The van der Waals surface area contributed by atoms with Crippen LogP contribution in [0.15, 0.2) is 41.4 Å². The van der Waals surface area contributed by atoms with Crippen LogP contribution in [0.3, 0.4) is 0 Å². The third-order valence-electron chi connectivity index (χ3n) is 4.52. The van der Waals surface area contributed by atoms with Gasteiger partial charge < -0.3 is 5.32 Å². The first kappa shape index (κ1) is 20.0. The Morgan fingerprint density at radius 1 is 1.25 bits per heavy atom. The largest absolute Gasteiger partial charge is 0.321 e. The van der Waals surface area contributed by atoms with Crippen molar-refractivity contribution < 1.29 is 13.2 Å². The van der Waals surface area contributed by atoms with Gasteiger partial charge in [-0.25, -0.2) is 18.1 Å². The lowest BCUT2D eigenvalue weighted by molar-refractivity contribution is 0.102. The molecule has 0 saturated heterocycles. The molecular formula is C19H23N5O3S. The number of aromatic nitrogens is 3. The number of sulfonamides is 1. The Morgan fingerprint density at radius 3 is 2.57 bits per heavy atom. The number of rotatable bonds is 6. The van der Waals surface area contributed by atoms with Gasteiger partial charge >= 0.3 is 0 Å². The molecule has 0 aliphatic rings. The Balaban J connectivity index is 1.77. The van der Waals surface area contributed by atoms with E-state index in [-0.39, 0.29) is 16.8 Å². The first-order valence-corrected chi connectivity index (χ1v) is 10.4. The summed E-state index contributed by atoms with van der Waals surface area (Å²) in [6.07, 6.45) is 2.25. The Labute approximate surface area is 164 Å². The average molecular weight is 401 g/mol. The fraction of sp³-hybridized carbons (Fsp3) is 0.316. The normalized spacial score (nSPS) is 12.9. The van der Waals surface area contributed by atoms with Crippen molar-refractivity contribution in [1.29, 1.82) is 0 Å². The van der Waals surface area contributed by atoms with Gasteiger partial charge in [-0.1, -0.05) is 6.92 Å². The quantitative estimate of drug-likeness (QED) is 0.660. The van der Waals surface area contributed by atoms with Gasteiger partial charge in [0.25, 0.3) is 5.91 Å². The van der Waals surface area contributed by atoms with Crippen LogP contribution < -0.4 is 10.0 Å². The average Bonchev–Trinajstić information content (AvgIpc) is 2.95.